The van der Waals surface area contributed by atoms with E-state index in [4.69, 9.17) is 21.1 Å². The molecule has 16 heteroatoms. The standard InChI is InChI=1S/C33H37ClF2N8O5/c1-33(31(47)48-20-21-6-12-41(2)13-7-21)8-14-42(15-9-33)27(45)19-43-18-25(39-30(46)24-17-38-44-11-3-10-37-29(24)44)28(40-43)23-16-22(34)4-5-26(23)49-32(35)36/h3-5,10-11,16-18,21,32H,6-9,12-15,19-20H2,1-2H3,(H,39,46). The lowest BCUT2D eigenvalue weighted by atomic mass is 9.80. The molecule has 2 aliphatic rings. The molecule has 260 valence electrons. The van der Waals surface area contributed by atoms with E-state index in [9.17, 15) is 23.2 Å². The summed E-state index contributed by atoms with van der Waals surface area (Å²) in [6.07, 6.45) is 8.83. The van der Waals surface area contributed by atoms with Crippen LogP contribution in [-0.4, -0.2) is 98.4 Å². The Labute approximate surface area is 286 Å². The summed E-state index contributed by atoms with van der Waals surface area (Å²) in [5.41, 5.74) is 0.0254. The van der Waals surface area contributed by atoms with Crippen LogP contribution in [0.1, 0.15) is 43.0 Å². The van der Waals surface area contributed by atoms with Gasteiger partial charge in [-0.25, -0.2) is 9.50 Å². The number of rotatable bonds is 10. The summed E-state index contributed by atoms with van der Waals surface area (Å²) in [4.78, 5) is 48.1. The Morgan fingerprint density at radius 3 is 2.63 bits per heavy atom. The summed E-state index contributed by atoms with van der Waals surface area (Å²) < 4.78 is 39.9. The van der Waals surface area contributed by atoms with Gasteiger partial charge < -0.3 is 24.6 Å². The molecule has 5 heterocycles. The summed E-state index contributed by atoms with van der Waals surface area (Å²) in [6.45, 7) is 1.61. The number of aromatic nitrogens is 5. The van der Waals surface area contributed by atoms with Crippen molar-refractivity contribution in [2.45, 2.75) is 45.8 Å². The highest BCUT2D eigenvalue weighted by Gasteiger charge is 2.40. The number of carbonyl (C=O) groups is 3. The summed E-state index contributed by atoms with van der Waals surface area (Å²) in [6, 6.07) is 5.72. The first-order valence-electron chi connectivity index (χ1n) is 16.0. The Bertz CT molecular complexity index is 1830. The molecular formula is C33H37ClF2N8O5. The molecule has 49 heavy (non-hydrogen) atoms. The van der Waals surface area contributed by atoms with Crippen LogP contribution >= 0.6 is 11.6 Å². The van der Waals surface area contributed by atoms with Gasteiger partial charge in [-0.15, -0.1) is 0 Å². The van der Waals surface area contributed by atoms with Crippen LogP contribution in [-0.2, 0) is 20.9 Å². The first-order valence-corrected chi connectivity index (χ1v) is 16.4. The van der Waals surface area contributed by atoms with Crippen molar-refractivity contribution in [3.8, 4) is 17.0 Å². The van der Waals surface area contributed by atoms with E-state index in [2.05, 4.69) is 32.4 Å². The van der Waals surface area contributed by atoms with Crippen molar-refractivity contribution >= 4 is 40.7 Å². The second-order valence-corrected chi connectivity index (χ2v) is 13.2. The maximum absolute atomic E-state index is 13.5. The number of piperidine rings is 2. The quantitative estimate of drug-likeness (QED) is 0.236. The van der Waals surface area contributed by atoms with Crippen LogP contribution in [0.4, 0.5) is 14.5 Å². The fraction of sp³-hybridized carbons (Fsp3) is 0.455. The first kappa shape index (κ1) is 34.2. The van der Waals surface area contributed by atoms with Gasteiger partial charge in [0, 0.05) is 42.3 Å². The molecule has 0 aliphatic carbocycles. The lowest BCUT2D eigenvalue weighted by molar-refractivity contribution is -0.161. The molecule has 0 bridgehead atoms. The molecule has 2 amide bonds. The predicted octanol–water partition coefficient (Wildman–Crippen LogP) is 4.61. The zero-order valence-electron chi connectivity index (χ0n) is 27.2. The van der Waals surface area contributed by atoms with Gasteiger partial charge in [0.2, 0.25) is 5.91 Å². The predicted molar refractivity (Wildman–Crippen MR) is 175 cm³/mol. The van der Waals surface area contributed by atoms with Crippen LogP contribution in [0.2, 0.25) is 5.02 Å². The van der Waals surface area contributed by atoms with Crippen molar-refractivity contribution < 1.29 is 32.6 Å². The van der Waals surface area contributed by atoms with Gasteiger partial charge in [0.25, 0.3) is 5.91 Å². The number of alkyl halides is 2. The number of esters is 1. The highest BCUT2D eigenvalue weighted by atomic mass is 35.5. The maximum atomic E-state index is 13.5. The van der Waals surface area contributed by atoms with E-state index in [0.717, 1.165) is 25.9 Å². The average Bonchev–Trinajstić information content (AvgIpc) is 3.69. The number of benzene rings is 1. The van der Waals surface area contributed by atoms with Gasteiger partial charge in [-0.05, 0) is 82.9 Å². The molecule has 1 aromatic carbocycles. The number of carbonyl (C=O) groups excluding carboxylic acids is 3. The van der Waals surface area contributed by atoms with E-state index in [0.29, 0.717) is 44.1 Å². The molecule has 2 fully saturated rings. The van der Waals surface area contributed by atoms with Crippen LogP contribution in [0.5, 0.6) is 5.75 Å². The summed E-state index contributed by atoms with van der Waals surface area (Å²) >= 11 is 6.23. The smallest absolute Gasteiger partial charge is 0.387 e. The van der Waals surface area contributed by atoms with Gasteiger partial charge in [-0.2, -0.15) is 19.0 Å². The number of amides is 2. The van der Waals surface area contributed by atoms with Gasteiger partial charge in [0.1, 0.15) is 23.6 Å². The second-order valence-electron chi connectivity index (χ2n) is 12.8. The van der Waals surface area contributed by atoms with E-state index in [1.54, 1.807) is 17.2 Å². The van der Waals surface area contributed by atoms with Crippen molar-refractivity contribution in [3.63, 3.8) is 0 Å². The molecule has 0 saturated carbocycles. The number of anilines is 1. The van der Waals surface area contributed by atoms with E-state index < -0.39 is 17.9 Å². The van der Waals surface area contributed by atoms with Crippen molar-refractivity contribution in [2.75, 3.05) is 45.2 Å². The monoisotopic (exact) mass is 698 g/mol. The Hall–Kier alpha value is -4.63. The SMILES string of the molecule is CN1CCC(COC(=O)C2(C)CCN(C(=O)Cn3cc(NC(=O)c4cnn5cccnc45)c(-c4cc(Cl)ccc4OC(F)F)n3)CC2)CC1. The molecule has 0 spiro atoms. The lowest BCUT2D eigenvalue weighted by Gasteiger charge is -2.38. The Morgan fingerprint density at radius 1 is 1.14 bits per heavy atom. The molecule has 6 rings (SSSR count). The van der Waals surface area contributed by atoms with Crippen LogP contribution in [0.3, 0.4) is 0 Å². The van der Waals surface area contributed by atoms with Crippen LogP contribution in [0, 0.1) is 11.3 Å². The number of likely N-dealkylation sites (tertiary alicyclic amines) is 2. The molecule has 0 atom stereocenters. The molecule has 2 aliphatic heterocycles. The number of ether oxygens (including phenoxy) is 2. The lowest BCUT2D eigenvalue weighted by Crippen LogP contribution is -2.47. The molecule has 0 radical (unpaired) electrons. The zero-order valence-corrected chi connectivity index (χ0v) is 27.9. The highest BCUT2D eigenvalue weighted by Crippen LogP contribution is 2.38. The third-order valence-electron chi connectivity index (χ3n) is 9.24. The summed E-state index contributed by atoms with van der Waals surface area (Å²) in [5, 5.41) is 11.6. The first-order chi connectivity index (χ1) is 23.5. The van der Waals surface area contributed by atoms with E-state index in [1.165, 1.54) is 46.0 Å². The largest absolute Gasteiger partial charge is 0.465 e. The molecule has 13 nitrogen and oxygen atoms in total. The second kappa shape index (κ2) is 14.5. The number of halogens is 3. The van der Waals surface area contributed by atoms with Crippen molar-refractivity contribution in [3.05, 3.63) is 59.6 Å². The fourth-order valence-corrected chi connectivity index (χ4v) is 6.32. The average molecular weight is 699 g/mol. The molecular weight excluding hydrogens is 662 g/mol. The molecule has 1 N–H and O–H groups in total. The molecule has 3 aromatic heterocycles. The minimum atomic E-state index is -3.14. The summed E-state index contributed by atoms with van der Waals surface area (Å²) in [5.74, 6) is -0.949. The third kappa shape index (κ3) is 7.83. The van der Waals surface area contributed by atoms with Crippen molar-refractivity contribution in [1.82, 2.24) is 34.2 Å². The van der Waals surface area contributed by atoms with Gasteiger partial charge in [0.05, 0.1) is 23.9 Å². The zero-order chi connectivity index (χ0) is 34.7. The Kier molecular flexibility index (Phi) is 10.1. The molecule has 4 aromatic rings. The number of nitrogens with one attached hydrogen (secondary N) is 1. The molecule has 2 saturated heterocycles. The minimum Gasteiger partial charge on any atom is -0.465 e. The van der Waals surface area contributed by atoms with E-state index in [-0.39, 0.29) is 51.7 Å². The number of nitrogens with zero attached hydrogens (tertiary/aromatic N) is 7. The minimum absolute atomic E-state index is 0.0577. The van der Waals surface area contributed by atoms with Crippen LogP contribution in [0.15, 0.2) is 49.1 Å². The van der Waals surface area contributed by atoms with Gasteiger partial charge in [-0.3, -0.25) is 19.1 Å². The highest BCUT2D eigenvalue weighted by molar-refractivity contribution is 6.31. The van der Waals surface area contributed by atoms with Crippen LogP contribution < -0.4 is 10.1 Å². The maximum Gasteiger partial charge on any atom is 0.387 e. The number of hydrogen-bond donors (Lipinski definition) is 1. The summed E-state index contributed by atoms with van der Waals surface area (Å²) in [7, 11) is 2.09. The van der Waals surface area contributed by atoms with Crippen LogP contribution in [0.25, 0.3) is 16.9 Å². The number of hydrogen-bond acceptors (Lipinski definition) is 9. The Balaban J connectivity index is 1.17. The van der Waals surface area contributed by atoms with E-state index >= 15 is 0 Å². The van der Waals surface area contributed by atoms with Crippen molar-refractivity contribution in [1.29, 1.82) is 0 Å². The normalized spacial score (nSPS) is 17.0. The van der Waals surface area contributed by atoms with Gasteiger partial charge in [0.15, 0.2) is 5.65 Å². The fourth-order valence-electron chi connectivity index (χ4n) is 6.14. The molecule has 0 unspecified atom stereocenters. The Morgan fingerprint density at radius 2 is 1.90 bits per heavy atom. The third-order valence-corrected chi connectivity index (χ3v) is 9.48. The van der Waals surface area contributed by atoms with E-state index in [1.807, 2.05) is 6.92 Å². The van der Waals surface area contributed by atoms with Gasteiger partial charge in [-0.1, -0.05) is 11.6 Å². The number of fused-ring (bicyclic) bond motifs is 1. The van der Waals surface area contributed by atoms with Gasteiger partial charge >= 0.3 is 12.6 Å². The topological polar surface area (TPSA) is 136 Å². The van der Waals surface area contributed by atoms with Crippen molar-refractivity contribution in [2.24, 2.45) is 11.3 Å².